The SMILES string of the molecule is COc1cc(-c2[nH]nc3c2[C@H](c2cc(Br)c(O)c(Br)c2)C(C#N)=C(N)O3)cc(OC)c1OC. The number of ether oxygens (including phenoxy) is 4. The molecule has 0 aliphatic carbocycles. The molecule has 4 N–H and O–H groups in total. The lowest BCUT2D eigenvalue weighted by Gasteiger charge is -2.25. The highest BCUT2D eigenvalue weighted by molar-refractivity contribution is 9.11. The zero-order valence-corrected chi connectivity index (χ0v) is 20.9. The van der Waals surface area contributed by atoms with E-state index in [4.69, 9.17) is 24.7 Å². The molecule has 1 atom stereocenters. The summed E-state index contributed by atoms with van der Waals surface area (Å²) < 4.78 is 23.0. The molecule has 33 heavy (non-hydrogen) atoms. The standard InChI is InChI=1S/C22H18Br2N4O5/c1-30-14-6-10(7-15(31-2)20(14)32-3)18-17-16(9-4-12(23)19(29)13(24)5-9)11(8-25)21(26)33-22(17)28-27-18/h4-7,16,29H,26H2,1-3H3,(H,27,28)/t16-/m1/s1. The number of methoxy groups -OCH3 is 3. The number of phenolic OH excluding ortho intramolecular Hbond substituents is 1. The molecule has 1 aliphatic rings. The zero-order chi connectivity index (χ0) is 23.9. The van der Waals surface area contributed by atoms with E-state index in [0.717, 1.165) is 0 Å². The van der Waals surface area contributed by atoms with E-state index < -0.39 is 5.92 Å². The Labute approximate surface area is 206 Å². The van der Waals surface area contributed by atoms with Gasteiger partial charge >= 0.3 is 0 Å². The molecular formula is C22H18Br2N4O5. The highest BCUT2D eigenvalue weighted by Gasteiger charge is 2.36. The second-order valence-electron chi connectivity index (χ2n) is 6.99. The van der Waals surface area contributed by atoms with Gasteiger partial charge < -0.3 is 29.8 Å². The first-order valence-electron chi connectivity index (χ1n) is 9.48. The summed E-state index contributed by atoms with van der Waals surface area (Å²) in [5.74, 6) is 0.957. The topological polar surface area (TPSA) is 136 Å². The van der Waals surface area contributed by atoms with Gasteiger partial charge in [-0.3, -0.25) is 5.10 Å². The number of benzene rings is 2. The fourth-order valence-corrected chi connectivity index (χ4v) is 5.00. The molecule has 2 heterocycles. The van der Waals surface area contributed by atoms with Crippen molar-refractivity contribution in [1.29, 1.82) is 5.26 Å². The number of nitrogens with zero attached hydrogens (tertiary/aromatic N) is 2. The Morgan fingerprint density at radius 2 is 1.70 bits per heavy atom. The highest BCUT2D eigenvalue weighted by atomic mass is 79.9. The minimum Gasteiger partial charge on any atom is -0.506 e. The van der Waals surface area contributed by atoms with Crippen LogP contribution >= 0.6 is 31.9 Å². The van der Waals surface area contributed by atoms with Crippen LogP contribution in [0.25, 0.3) is 11.3 Å². The van der Waals surface area contributed by atoms with Crippen molar-refractivity contribution in [3.05, 3.63) is 55.8 Å². The third-order valence-corrected chi connectivity index (χ3v) is 6.47. The van der Waals surface area contributed by atoms with Gasteiger partial charge in [0, 0.05) is 5.56 Å². The Kier molecular flexibility index (Phi) is 6.14. The number of hydrogen-bond donors (Lipinski definition) is 3. The maximum absolute atomic E-state index is 10.2. The largest absolute Gasteiger partial charge is 0.506 e. The second-order valence-corrected chi connectivity index (χ2v) is 8.70. The van der Waals surface area contributed by atoms with Crippen molar-refractivity contribution in [3.63, 3.8) is 0 Å². The van der Waals surface area contributed by atoms with Crippen LogP contribution in [0.2, 0.25) is 0 Å². The molecule has 1 aromatic heterocycles. The lowest BCUT2D eigenvalue weighted by atomic mass is 9.83. The molecule has 0 bridgehead atoms. The molecule has 0 spiro atoms. The summed E-state index contributed by atoms with van der Waals surface area (Å²) >= 11 is 6.71. The molecule has 0 radical (unpaired) electrons. The van der Waals surface area contributed by atoms with E-state index in [9.17, 15) is 10.4 Å². The fraction of sp³-hybridized carbons (Fsp3) is 0.182. The summed E-state index contributed by atoms with van der Waals surface area (Å²) in [5.41, 5.74) is 8.81. The van der Waals surface area contributed by atoms with Crippen molar-refractivity contribution >= 4 is 31.9 Å². The van der Waals surface area contributed by atoms with E-state index in [1.54, 1.807) is 24.3 Å². The lowest BCUT2D eigenvalue weighted by Crippen LogP contribution is -2.21. The third kappa shape index (κ3) is 3.75. The van der Waals surface area contributed by atoms with Crippen LogP contribution in [0.5, 0.6) is 28.9 Å². The molecular weight excluding hydrogens is 560 g/mol. The minimum atomic E-state index is -0.625. The Morgan fingerprint density at radius 1 is 1.09 bits per heavy atom. The third-order valence-electron chi connectivity index (χ3n) is 5.26. The highest BCUT2D eigenvalue weighted by Crippen LogP contribution is 2.49. The molecule has 11 heteroatoms. The number of hydrogen-bond acceptors (Lipinski definition) is 8. The van der Waals surface area contributed by atoms with Crippen molar-refractivity contribution in [3.8, 4) is 46.2 Å². The zero-order valence-electron chi connectivity index (χ0n) is 17.7. The van der Waals surface area contributed by atoms with Crippen molar-refractivity contribution in [1.82, 2.24) is 10.2 Å². The summed E-state index contributed by atoms with van der Waals surface area (Å²) in [4.78, 5) is 0. The first-order chi connectivity index (χ1) is 15.8. The molecule has 0 fully saturated rings. The number of allylic oxidation sites excluding steroid dienone is 1. The van der Waals surface area contributed by atoms with E-state index in [1.807, 2.05) is 0 Å². The van der Waals surface area contributed by atoms with Crippen LogP contribution in [-0.2, 0) is 0 Å². The molecule has 0 amide bonds. The predicted molar refractivity (Wildman–Crippen MR) is 126 cm³/mol. The normalized spacial score (nSPS) is 14.8. The summed E-state index contributed by atoms with van der Waals surface area (Å²) in [6.45, 7) is 0. The van der Waals surface area contributed by atoms with Gasteiger partial charge in [0.25, 0.3) is 0 Å². The first kappa shape index (κ1) is 22.8. The lowest BCUT2D eigenvalue weighted by molar-refractivity contribution is 0.324. The Balaban J connectivity index is 1.99. The number of fused-ring (bicyclic) bond motifs is 1. The number of nitrogens with one attached hydrogen (secondary N) is 1. The molecule has 0 saturated heterocycles. The van der Waals surface area contributed by atoms with Gasteiger partial charge in [0.05, 0.1) is 47.5 Å². The molecule has 0 unspecified atom stereocenters. The van der Waals surface area contributed by atoms with Gasteiger partial charge in [-0.2, -0.15) is 5.26 Å². The van der Waals surface area contributed by atoms with E-state index in [2.05, 4.69) is 48.1 Å². The molecule has 4 rings (SSSR count). The maximum atomic E-state index is 10.2. The summed E-state index contributed by atoms with van der Waals surface area (Å²) in [5, 5.41) is 27.4. The predicted octanol–water partition coefficient (Wildman–Crippen LogP) is 4.55. The minimum absolute atomic E-state index is 0.0403. The number of aromatic hydroxyl groups is 1. The Bertz CT molecular complexity index is 1280. The number of nitrogens with two attached hydrogens (primary N) is 1. The quantitative estimate of drug-likeness (QED) is 0.402. The summed E-state index contributed by atoms with van der Waals surface area (Å²) in [7, 11) is 4.57. The van der Waals surface area contributed by atoms with Gasteiger partial charge in [0.15, 0.2) is 11.5 Å². The number of phenols is 1. The van der Waals surface area contributed by atoms with Gasteiger partial charge in [-0.15, -0.1) is 5.10 Å². The van der Waals surface area contributed by atoms with E-state index >= 15 is 0 Å². The average molecular weight is 578 g/mol. The van der Waals surface area contributed by atoms with Gasteiger partial charge in [-0.1, -0.05) is 0 Å². The number of nitriles is 1. The fourth-order valence-electron chi connectivity index (χ4n) is 3.78. The number of aromatic amines is 1. The van der Waals surface area contributed by atoms with E-state index in [0.29, 0.717) is 48.6 Å². The number of aromatic nitrogens is 2. The van der Waals surface area contributed by atoms with E-state index in [-0.39, 0.29) is 23.1 Å². The summed E-state index contributed by atoms with van der Waals surface area (Å²) in [6.07, 6.45) is 0. The van der Waals surface area contributed by atoms with Crippen molar-refractivity contribution in [2.75, 3.05) is 21.3 Å². The first-order valence-corrected chi connectivity index (χ1v) is 11.1. The van der Waals surface area contributed by atoms with Crippen LogP contribution in [0.1, 0.15) is 17.0 Å². The number of rotatable bonds is 5. The van der Waals surface area contributed by atoms with E-state index in [1.165, 1.54) is 21.3 Å². The Hall–Kier alpha value is -3.36. The monoisotopic (exact) mass is 576 g/mol. The van der Waals surface area contributed by atoms with Crippen LogP contribution in [0.15, 0.2) is 44.7 Å². The number of halogens is 2. The molecule has 3 aromatic rings. The molecule has 2 aromatic carbocycles. The molecule has 170 valence electrons. The van der Waals surface area contributed by atoms with Gasteiger partial charge in [-0.25, -0.2) is 0 Å². The van der Waals surface area contributed by atoms with Crippen LogP contribution in [0.4, 0.5) is 0 Å². The smallest absolute Gasteiger partial charge is 0.244 e. The van der Waals surface area contributed by atoms with Gasteiger partial charge in [0.2, 0.25) is 17.5 Å². The van der Waals surface area contributed by atoms with Crippen LogP contribution < -0.4 is 24.7 Å². The van der Waals surface area contributed by atoms with Crippen molar-refractivity contribution in [2.24, 2.45) is 5.73 Å². The molecule has 0 saturated carbocycles. The van der Waals surface area contributed by atoms with Crippen molar-refractivity contribution in [2.45, 2.75) is 5.92 Å². The van der Waals surface area contributed by atoms with Gasteiger partial charge in [0.1, 0.15) is 17.4 Å². The van der Waals surface area contributed by atoms with Crippen molar-refractivity contribution < 1.29 is 24.1 Å². The molecule has 1 aliphatic heterocycles. The second kappa shape index (κ2) is 8.88. The average Bonchev–Trinajstić information content (AvgIpc) is 3.23. The molecule has 9 nitrogen and oxygen atoms in total. The number of H-pyrrole nitrogens is 1. The van der Waals surface area contributed by atoms with Crippen LogP contribution in [0, 0.1) is 11.3 Å². The van der Waals surface area contributed by atoms with Gasteiger partial charge in [-0.05, 0) is 61.7 Å². The maximum Gasteiger partial charge on any atom is 0.244 e. The summed E-state index contributed by atoms with van der Waals surface area (Å²) in [6, 6.07) is 9.12. The van der Waals surface area contributed by atoms with Crippen LogP contribution in [-0.4, -0.2) is 36.6 Å². The Morgan fingerprint density at radius 3 is 2.21 bits per heavy atom. The van der Waals surface area contributed by atoms with Crippen LogP contribution in [0.3, 0.4) is 0 Å².